The quantitative estimate of drug-likeness (QED) is 0.911. The Morgan fingerprint density at radius 2 is 1.95 bits per heavy atom. The van der Waals surface area contributed by atoms with Gasteiger partial charge < -0.3 is 4.90 Å². The molecule has 0 radical (unpaired) electrons. The van der Waals surface area contributed by atoms with Crippen molar-refractivity contribution in [1.29, 1.82) is 0 Å². The molecule has 1 aromatic rings. The number of aromatic amines is 1. The van der Waals surface area contributed by atoms with E-state index in [9.17, 15) is 4.79 Å². The summed E-state index contributed by atoms with van der Waals surface area (Å²) in [6, 6.07) is 0.393. The summed E-state index contributed by atoms with van der Waals surface area (Å²) in [5, 5.41) is 7.01. The van der Waals surface area contributed by atoms with E-state index < -0.39 is 0 Å². The van der Waals surface area contributed by atoms with Gasteiger partial charge in [-0.1, -0.05) is 13.3 Å². The monoisotopic (exact) mass is 263 g/mol. The van der Waals surface area contributed by atoms with Gasteiger partial charge in [-0.25, -0.2) is 0 Å². The molecule has 0 saturated heterocycles. The fourth-order valence-corrected chi connectivity index (χ4v) is 3.15. The van der Waals surface area contributed by atoms with E-state index in [0.717, 1.165) is 35.7 Å². The molecule has 0 aromatic carbocycles. The number of carbonyl (C=O) groups excluding carboxylic acids is 1. The van der Waals surface area contributed by atoms with E-state index >= 15 is 0 Å². The van der Waals surface area contributed by atoms with Crippen LogP contribution in [0.3, 0.4) is 0 Å². The molecule has 4 nitrogen and oxygen atoms in total. The third-order valence-electron chi connectivity index (χ3n) is 4.60. The molecule has 0 aliphatic heterocycles. The fourth-order valence-electron chi connectivity index (χ4n) is 3.15. The molecule has 1 amide bonds. The summed E-state index contributed by atoms with van der Waals surface area (Å²) in [6.07, 6.45) is 6.04. The lowest BCUT2D eigenvalue weighted by molar-refractivity contribution is 0.0673. The van der Waals surface area contributed by atoms with E-state index in [0.29, 0.717) is 6.04 Å². The van der Waals surface area contributed by atoms with Crippen molar-refractivity contribution >= 4 is 5.91 Å². The van der Waals surface area contributed by atoms with Gasteiger partial charge in [0.05, 0.1) is 11.3 Å². The topological polar surface area (TPSA) is 49.0 Å². The minimum absolute atomic E-state index is 0.115. The SMILES string of the molecule is CCC1CCC(N(C)C(=O)c2c(C)n[nH]c2C)CC1. The predicted octanol–water partition coefficient (Wildman–Crippen LogP) is 3.07. The average molecular weight is 263 g/mol. The van der Waals surface area contributed by atoms with Crippen LogP contribution in [0.4, 0.5) is 0 Å². The maximum atomic E-state index is 12.6. The van der Waals surface area contributed by atoms with Crippen LogP contribution in [0.5, 0.6) is 0 Å². The molecule has 0 unspecified atom stereocenters. The van der Waals surface area contributed by atoms with Crippen molar-refractivity contribution in [2.24, 2.45) is 5.92 Å². The van der Waals surface area contributed by atoms with Crippen molar-refractivity contribution in [3.8, 4) is 0 Å². The lowest BCUT2D eigenvalue weighted by Crippen LogP contribution is -2.39. The summed E-state index contributed by atoms with van der Waals surface area (Å²) in [4.78, 5) is 14.5. The minimum atomic E-state index is 0.115. The van der Waals surface area contributed by atoms with E-state index in [1.54, 1.807) is 0 Å². The van der Waals surface area contributed by atoms with Crippen molar-refractivity contribution in [3.05, 3.63) is 17.0 Å². The molecule has 1 heterocycles. The van der Waals surface area contributed by atoms with Gasteiger partial charge in [0.25, 0.3) is 5.91 Å². The van der Waals surface area contributed by atoms with Crippen molar-refractivity contribution in [2.45, 2.75) is 58.9 Å². The number of aromatic nitrogens is 2. The van der Waals surface area contributed by atoms with Crippen molar-refractivity contribution in [3.63, 3.8) is 0 Å². The van der Waals surface area contributed by atoms with E-state index in [2.05, 4.69) is 17.1 Å². The van der Waals surface area contributed by atoms with Gasteiger partial charge in [-0.05, 0) is 45.4 Å². The van der Waals surface area contributed by atoms with Crippen LogP contribution in [0.1, 0.15) is 60.8 Å². The second kappa shape index (κ2) is 5.76. The van der Waals surface area contributed by atoms with Crippen molar-refractivity contribution in [2.75, 3.05) is 7.05 Å². The van der Waals surface area contributed by atoms with Crippen LogP contribution in [0.2, 0.25) is 0 Å². The highest BCUT2D eigenvalue weighted by molar-refractivity contribution is 5.96. The van der Waals surface area contributed by atoms with Crippen LogP contribution in [-0.2, 0) is 0 Å². The molecular formula is C15H25N3O. The molecule has 1 aliphatic carbocycles. The number of carbonyl (C=O) groups is 1. The van der Waals surface area contributed by atoms with Crippen LogP contribution in [0.25, 0.3) is 0 Å². The fraction of sp³-hybridized carbons (Fsp3) is 0.733. The van der Waals surface area contributed by atoms with Gasteiger partial charge in [0, 0.05) is 18.8 Å². The third kappa shape index (κ3) is 2.82. The van der Waals surface area contributed by atoms with Gasteiger partial charge in [-0.3, -0.25) is 9.89 Å². The molecule has 106 valence electrons. The summed E-state index contributed by atoms with van der Waals surface area (Å²) in [5.74, 6) is 0.973. The molecule has 4 heteroatoms. The van der Waals surface area contributed by atoms with E-state index in [-0.39, 0.29) is 5.91 Å². The second-order valence-corrected chi connectivity index (χ2v) is 5.81. The Kier molecular flexibility index (Phi) is 4.27. The summed E-state index contributed by atoms with van der Waals surface area (Å²) < 4.78 is 0. The van der Waals surface area contributed by atoms with Gasteiger partial charge >= 0.3 is 0 Å². The average Bonchev–Trinajstić information content (AvgIpc) is 2.77. The van der Waals surface area contributed by atoms with Gasteiger partial charge in [0.1, 0.15) is 0 Å². The van der Waals surface area contributed by atoms with Crippen LogP contribution >= 0.6 is 0 Å². The number of aryl methyl sites for hydroxylation is 2. The molecule has 1 aliphatic rings. The molecule has 1 fully saturated rings. The van der Waals surface area contributed by atoms with E-state index in [1.165, 1.54) is 19.3 Å². The zero-order chi connectivity index (χ0) is 14.0. The first kappa shape index (κ1) is 14.1. The standard InChI is InChI=1S/C15H25N3O/c1-5-12-6-8-13(9-7-12)18(4)15(19)14-10(2)16-17-11(14)3/h12-13H,5-9H2,1-4H3,(H,16,17). The lowest BCUT2D eigenvalue weighted by Gasteiger charge is -2.34. The Labute approximate surface area is 115 Å². The van der Waals surface area contributed by atoms with Crippen molar-refractivity contribution in [1.82, 2.24) is 15.1 Å². The van der Waals surface area contributed by atoms with Gasteiger partial charge in [-0.2, -0.15) is 5.10 Å². The van der Waals surface area contributed by atoms with E-state index in [1.807, 2.05) is 25.8 Å². The highest BCUT2D eigenvalue weighted by Gasteiger charge is 2.28. The van der Waals surface area contributed by atoms with Crippen LogP contribution in [0.15, 0.2) is 0 Å². The summed E-state index contributed by atoms with van der Waals surface area (Å²) in [5.41, 5.74) is 2.42. The Hall–Kier alpha value is -1.32. The zero-order valence-corrected chi connectivity index (χ0v) is 12.5. The second-order valence-electron chi connectivity index (χ2n) is 5.81. The molecular weight excluding hydrogens is 238 g/mol. The maximum absolute atomic E-state index is 12.6. The Morgan fingerprint density at radius 1 is 1.32 bits per heavy atom. The molecule has 1 N–H and O–H groups in total. The Balaban J connectivity index is 2.04. The van der Waals surface area contributed by atoms with E-state index in [4.69, 9.17) is 0 Å². The Bertz CT molecular complexity index is 425. The van der Waals surface area contributed by atoms with Crippen LogP contribution in [-0.4, -0.2) is 34.1 Å². The number of hydrogen-bond donors (Lipinski definition) is 1. The van der Waals surface area contributed by atoms with Crippen molar-refractivity contribution < 1.29 is 4.79 Å². The molecule has 1 saturated carbocycles. The summed E-state index contributed by atoms with van der Waals surface area (Å²) in [7, 11) is 1.94. The molecule has 19 heavy (non-hydrogen) atoms. The number of nitrogens with one attached hydrogen (secondary N) is 1. The molecule has 0 spiro atoms. The Morgan fingerprint density at radius 3 is 2.42 bits per heavy atom. The third-order valence-corrected chi connectivity index (χ3v) is 4.60. The van der Waals surface area contributed by atoms with Crippen LogP contribution in [0, 0.1) is 19.8 Å². The van der Waals surface area contributed by atoms with Gasteiger partial charge in [0.15, 0.2) is 0 Å². The predicted molar refractivity (Wildman–Crippen MR) is 76.2 cm³/mol. The highest BCUT2D eigenvalue weighted by atomic mass is 16.2. The molecule has 2 rings (SSSR count). The largest absolute Gasteiger partial charge is 0.339 e. The number of H-pyrrole nitrogens is 1. The maximum Gasteiger partial charge on any atom is 0.257 e. The first-order valence-electron chi connectivity index (χ1n) is 7.33. The van der Waals surface area contributed by atoms with Gasteiger partial charge in [0.2, 0.25) is 0 Å². The number of rotatable bonds is 3. The molecule has 1 aromatic heterocycles. The summed E-state index contributed by atoms with van der Waals surface area (Å²) >= 11 is 0. The minimum Gasteiger partial charge on any atom is -0.339 e. The first-order valence-corrected chi connectivity index (χ1v) is 7.33. The summed E-state index contributed by atoms with van der Waals surface area (Å²) in [6.45, 7) is 6.06. The normalized spacial score (nSPS) is 23.4. The highest BCUT2D eigenvalue weighted by Crippen LogP contribution is 2.29. The number of amides is 1. The van der Waals surface area contributed by atoms with Gasteiger partial charge in [-0.15, -0.1) is 0 Å². The smallest absolute Gasteiger partial charge is 0.257 e. The number of hydrogen-bond acceptors (Lipinski definition) is 2. The first-order chi connectivity index (χ1) is 9.04. The molecule has 0 bridgehead atoms. The number of nitrogens with zero attached hydrogens (tertiary/aromatic N) is 2. The lowest BCUT2D eigenvalue weighted by atomic mass is 9.84. The zero-order valence-electron chi connectivity index (χ0n) is 12.5. The molecule has 0 atom stereocenters. The van der Waals surface area contributed by atoms with Crippen LogP contribution < -0.4 is 0 Å².